The molecule has 2 aromatic heterocycles. The monoisotopic (exact) mass is 367 g/mol. The van der Waals surface area contributed by atoms with Crippen molar-refractivity contribution < 1.29 is 4.79 Å². The molecular weight excluding hydrogens is 334 g/mol. The van der Waals surface area contributed by atoms with Crippen LogP contribution in [-0.2, 0) is 0 Å². The van der Waals surface area contributed by atoms with Crippen LogP contribution in [0.3, 0.4) is 0 Å². The Balaban J connectivity index is 1.60. The van der Waals surface area contributed by atoms with Crippen LogP contribution in [0.25, 0.3) is 11.0 Å². The summed E-state index contributed by atoms with van der Waals surface area (Å²) in [5.74, 6) is 1.22. The lowest BCUT2D eigenvalue weighted by Gasteiger charge is -2.75. The number of pyridine rings is 1. The van der Waals surface area contributed by atoms with Gasteiger partial charge in [-0.15, -0.1) is 0 Å². The van der Waals surface area contributed by atoms with E-state index in [4.69, 9.17) is 0 Å². The Morgan fingerprint density at radius 2 is 1.70 bits per heavy atom. The van der Waals surface area contributed by atoms with Gasteiger partial charge in [0.1, 0.15) is 11.3 Å². The number of nitrogens with zero attached hydrogens (tertiary/aromatic N) is 1. The van der Waals surface area contributed by atoms with E-state index in [1.165, 1.54) is 0 Å². The highest BCUT2D eigenvalue weighted by Crippen LogP contribution is 2.74. The molecule has 2 bridgehead atoms. The van der Waals surface area contributed by atoms with Crippen molar-refractivity contribution in [2.24, 2.45) is 28.1 Å². The lowest BCUT2D eigenvalue weighted by molar-refractivity contribution is -0.260. The Bertz CT molecular complexity index is 918. The maximum Gasteiger partial charge on any atom is 0.268 e. The van der Waals surface area contributed by atoms with Crippen molar-refractivity contribution in [2.75, 3.05) is 0 Å². The van der Waals surface area contributed by atoms with Crippen molar-refractivity contribution in [3.8, 4) is 0 Å². The highest BCUT2D eigenvalue weighted by atomic mass is 16.2. The number of fused-ring (bicyclic) bond motifs is 3. The molecule has 0 aromatic carbocycles. The normalized spacial score (nSPS) is 30.0. The molecule has 27 heavy (non-hydrogen) atoms. The summed E-state index contributed by atoms with van der Waals surface area (Å²) in [6, 6.07) is 4.19. The molecule has 3 saturated carbocycles. The molecular formula is C23H33N3O. The van der Waals surface area contributed by atoms with Crippen molar-refractivity contribution in [1.29, 1.82) is 0 Å². The molecule has 3 fully saturated rings. The van der Waals surface area contributed by atoms with Crippen LogP contribution >= 0.6 is 0 Å². The number of nitrogens with one attached hydrogen (secondary N) is 2. The van der Waals surface area contributed by atoms with E-state index in [2.05, 4.69) is 69.8 Å². The van der Waals surface area contributed by atoms with Crippen LogP contribution in [0, 0.1) is 41.9 Å². The van der Waals surface area contributed by atoms with Crippen LogP contribution in [0.5, 0.6) is 0 Å². The van der Waals surface area contributed by atoms with Gasteiger partial charge in [-0.1, -0.05) is 41.5 Å². The third-order valence-corrected chi connectivity index (χ3v) is 7.88. The second-order valence-corrected chi connectivity index (χ2v) is 10.7. The SMILES string of the molecule is Cc1cc(C)c2cc(C(=O)N[C@H]3CC4C(C)(C)C(C4(C)C)C3(C)C)[nH]c2n1. The van der Waals surface area contributed by atoms with E-state index >= 15 is 0 Å². The fraction of sp³-hybridized carbons (Fsp3) is 0.652. The molecule has 0 unspecified atom stereocenters. The predicted molar refractivity (Wildman–Crippen MR) is 110 cm³/mol. The number of rotatable bonds is 2. The number of hydrogen-bond donors (Lipinski definition) is 2. The summed E-state index contributed by atoms with van der Waals surface area (Å²) in [6.07, 6.45) is 1.05. The first-order chi connectivity index (χ1) is 12.4. The number of aromatic nitrogens is 2. The number of H-pyrrole nitrogens is 1. The van der Waals surface area contributed by atoms with E-state index in [0.29, 0.717) is 28.4 Å². The number of aromatic amines is 1. The number of carbonyl (C=O) groups is 1. The van der Waals surface area contributed by atoms with Gasteiger partial charge in [0.25, 0.3) is 5.91 Å². The molecule has 1 amide bonds. The van der Waals surface area contributed by atoms with E-state index in [-0.39, 0.29) is 17.4 Å². The summed E-state index contributed by atoms with van der Waals surface area (Å²) < 4.78 is 0. The first kappa shape index (κ1) is 18.5. The van der Waals surface area contributed by atoms with Crippen molar-refractivity contribution in [1.82, 2.24) is 15.3 Å². The summed E-state index contributed by atoms with van der Waals surface area (Å²) in [7, 11) is 0. The fourth-order valence-corrected chi connectivity index (χ4v) is 7.52. The first-order valence-corrected chi connectivity index (χ1v) is 10.1. The Hall–Kier alpha value is -1.84. The number of carbonyl (C=O) groups excluding carboxylic acids is 1. The first-order valence-electron chi connectivity index (χ1n) is 10.1. The van der Waals surface area contributed by atoms with E-state index in [9.17, 15) is 4.79 Å². The number of amides is 1. The molecule has 2 N–H and O–H groups in total. The standard InChI is InChI=1S/C23H33N3O/c1-12-9-13(2)24-18-14(12)10-15(25-18)19(27)26-17-11-16-21(3,4)20(22(16,5)6)23(17,7)8/h9-10,16-17,20H,11H2,1-8H3,(H,24,25)(H,26,27)/t16?,17-,20?/m0/s1. The number of aryl methyl sites for hydroxylation is 2. The maximum absolute atomic E-state index is 13.0. The number of hydrogen-bond acceptors (Lipinski definition) is 2. The van der Waals surface area contributed by atoms with Gasteiger partial charge in [0.2, 0.25) is 0 Å². The van der Waals surface area contributed by atoms with Crippen LogP contribution in [0.2, 0.25) is 0 Å². The Labute approximate surface area is 162 Å². The third-order valence-electron chi connectivity index (χ3n) is 7.88. The Morgan fingerprint density at radius 3 is 2.30 bits per heavy atom. The van der Waals surface area contributed by atoms with Gasteiger partial charge in [-0.05, 0) is 66.0 Å². The van der Waals surface area contributed by atoms with E-state index in [0.717, 1.165) is 28.7 Å². The van der Waals surface area contributed by atoms with Gasteiger partial charge >= 0.3 is 0 Å². The fourth-order valence-electron chi connectivity index (χ4n) is 7.52. The zero-order valence-corrected chi connectivity index (χ0v) is 17.9. The van der Waals surface area contributed by atoms with E-state index < -0.39 is 0 Å². The molecule has 3 aliphatic carbocycles. The van der Waals surface area contributed by atoms with Crippen LogP contribution < -0.4 is 5.32 Å². The molecule has 0 saturated heterocycles. The maximum atomic E-state index is 13.0. The molecule has 4 heteroatoms. The van der Waals surface area contributed by atoms with Crippen LogP contribution in [0.1, 0.15) is 69.7 Å². The van der Waals surface area contributed by atoms with Crippen LogP contribution in [0.15, 0.2) is 12.1 Å². The molecule has 5 rings (SSSR count). The molecule has 1 atom stereocenters. The molecule has 3 aliphatic rings. The molecule has 0 aliphatic heterocycles. The van der Waals surface area contributed by atoms with Gasteiger partial charge in [-0.2, -0.15) is 0 Å². The van der Waals surface area contributed by atoms with Gasteiger partial charge in [0, 0.05) is 17.1 Å². The molecule has 0 spiro atoms. The predicted octanol–water partition coefficient (Wildman–Crippen LogP) is 5.01. The second kappa shape index (κ2) is 5.36. The Kier molecular flexibility index (Phi) is 3.68. The van der Waals surface area contributed by atoms with Crippen LogP contribution in [-0.4, -0.2) is 21.9 Å². The average molecular weight is 368 g/mol. The summed E-state index contributed by atoms with van der Waals surface area (Å²) in [6.45, 7) is 18.3. The lowest BCUT2D eigenvalue weighted by atomic mass is 9.30. The third kappa shape index (κ3) is 2.41. The molecule has 146 valence electrons. The van der Waals surface area contributed by atoms with Gasteiger partial charge in [0.05, 0.1) is 0 Å². The molecule has 4 nitrogen and oxygen atoms in total. The van der Waals surface area contributed by atoms with Crippen molar-refractivity contribution in [3.63, 3.8) is 0 Å². The molecule has 2 heterocycles. The summed E-state index contributed by atoms with van der Waals surface area (Å²) in [5, 5.41) is 4.39. The summed E-state index contributed by atoms with van der Waals surface area (Å²) >= 11 is 0. The van der Waals surface area contributed by atoms with Crippen molar-refractivity contribution in [2.45, 2.75) is 67.9 Å². The van der Waals surface area contributed by atoms with Crippen molar-refractivity contribution in [3.05, 3.63) is 29.1 Å². The van der Waals surface area contributed by atoms with Gasteiger partial charge in [-0.3, -0.25) is 4.79 Å². The average Bonchev–Trinajstić information content (AvgIpc) is 2.92. The topological polar surface area (TPSA) is 57.8 Å². The lowest BCUT2D eigenvalue weighted by Crippen LogP contribution is -2.73. The van der Waals surface area contributed by atoms with Crippen LogP contribution in [0.4, 0.5) is 0 Å². The summed E-state index contributed by atoms with van der Waals surface area (Å²) in [4.78, 5) is 20.8. The minimum atomic E-state index is -0.0139. The quantitative estimate of drug-likeness (QED) is 0.784. The minimum Gasteiger partial charge on any atom is -0.347 e. The minimum absolute atomic E-state index is 0.0139. The van der Waals surface area contributed by atoms with E-state index in [1.54, 1.807) is 0 Å². The largest absolute Gasteiger partial charge is 0.347 e. The van der Waals surface area contributed by atoms with Crippen molar-refractivity contribution >= 4 is 16.9 Å². The zero-order valence-electron chi connectivity index (χ0n) is 17.9. The van der Waals surface area contributed by atoms with Gasteiger partial charge in [0.15, 0.2) is 0 Å². The zero-order chi connectivity index (χ0) is 19.9. The smallest absolute Gasteiger partial charge is 0.268 e. The van der Waals surface area contributed by atoms with E-state index in [1.807, 2.05) is 13.0 Å². The summed E-state index contributed by atoms with van der Waals surface area (Å²) in [5.41, 5.74) is 4.27. The Morgan fingerprint density at radius 1 is 1.07 bits per heavy atom. The molecule has 2 aromatic rings. The van der Waals surface area contributed by atoms with Gasteiger partial charge < -0.3 is 10.3 Å². The molecule has 0 radical (unpaired) electrons. The second-order valence-electron chi connectivity index (χ2n) is 10.7. The van der Waals surface area contributed by atoms with Gasteiger partial charge in [-0.25, -0.2) is 4.98 Å². The highest BCUT2D eigenvalue weighted by molar-refractivity contribution is 5.98. The highest BCUT2D eigenvalue weighted by Gasteiger charge is 2.70.